The van der Waals surface area contributed by atoms with Gasteiger partial charge in [-0.05, 0) is 18.9 Å². The maximum atomic E-state index is 12.6. The van der Waals surface area contributed by atoms with Gasteiger partial charge in [0.15, 0.2) is 17.0 Å². The highest BCUT2D eigenvalue weighted by molar-refractivity contribution is 5.85. The van der Waals surface area contributed by atoms with E-state index >= 15 is 0 Å². The van der Waals surface area contributed by atoms with Crippen LogP contribution in [0.5, 0.6) is 0 Å². The molecule has 1 aliphatic rings. The van der Waals surface area contributed by atoms with Crippen LogP contribution in [0.15, 0.2) is 31.3 Å². The molecule has 0 spiro atoms. The van der Waals surface area contributed by atoms with Crippen molar-refractivity contribution in [2.24, 2.45) is 11.3 Å². The number of aromatic nitrogens is 7. The average Bonchev–Trinajstić information content (AvgIpc) is 3.51. The number of aliphatic hydroxyl groups excluding tert-OH is 2. The molecule has 1 saturated carbocycles. The third-order valence-corrected chi connectivity index (χ3v) is 6.55. The molecule has 0 bridgehead atoms. The normalized spacial score (nSPS) is 27.3. The molecule has 3 heterocycles. The minimum Gasteiger partial charge on any atom is -0.389 e. The van der Waals surface area contributed by atoms with E-state index in [2.05, 4.69) is 42.5 Å². The van der Waals surface area contributed by atoms with Gasteiger partial charge in [0, 0.05) is 14.1 Å². The van der Waals surface area contributed by atoms with Gasteiger partial charge in [-0.2, -0.15) is 14.6 Å². The quantitative estimate of drug-likeness (QED) is 0.386. The Hall–Kier alpha value is -3.64. The highest BCUT2D eigenvalue weighted by atomic mass is 16.3. The van der Waals surface area contributed by atoms with Gasteiger partial charge in [-0.15, -0.1) is 5.10 Å². The Morgan fingerprint density at radius 3 is 2.73 bits per heavy atom. The predicted molar refractivity (Wildman–Crippen MR) is 121 cm³/mol. The number of nitrogens with zero attached hydrogens (tertiary/aromatic N) is 7. The van der Waals surface area contributed by atoms with Crippen LogP contribution >= 0.6 is 0 Å². The third-order valence-electron chi connectivity index (χ3n) is 6.55. The van der Waals surface area contributed by atoms with Crippen LogP contribution in [-0.2, 0) is 4.79 Å². The van der Waals surface area contributed by atoms with Crippen molar-refractivity contribution >= 4 is 29.0 Å². The number of aliphatic hydroxyl groups is 2. The number of hydrogen-bond donors (Lipinski definition) is 4. The first-order valence-electron chi connectivity index (χ1n) is 10.5. The molecule has 12 heteroatoms. The van der Waals surface area contributed by atoms with E-state index in [4.69, 9.17) is 0 Å². The summed E-state index contributed by atoms with van der Waals surface area (Å²) >= 11 is 0. The van der Waals surface area contributed by atoms with E-state index in [0.717, 1.165) is 0 Å². The second kappa shape index (κ2) is 8.37. The summed E-state index contributed by atoms with van der Waals surface area (Å²) in [6.07, 6.45) is 5.85. The highest BCUT2D eigenvalue weighted by Crippen LogP contribution is 2.50. The molecule has 174 valence electrons. The largest absolute Gasteiger partial charge is 0.389 e. The fourth-order valence-electron chi connectivity index (χ4n) is 4.49. The van der Waals surface area contributed by atoms with Crippen LogP contribution in [0.4, 0.5) is 5.82 Å². The van der Waals surface area contributed by atoms with Crippen LogP contribution in [-0.4, -0.2) is 76.9 Å². The molecule has 0 saturated heterocycles. The van der Waals surface area contributed by atoms with Gasteiger partial charge in [0.1, 0.15) is 11.8 Å². The van der Waals surface area contributed by atoms with E-state index in [1.807, 2.05) is 6.92 Å². The van der Waals surface area contributed by atoms with Crippen molar-refractivity contribution in [2.45, 2.75) is 32.1 Å². The molecule has 4 rings (SSSR count). The van der Waals surface area contributed by atoms with E-state index in [1.54, 1.807) is 43.0 Å². The summed E-state index contributed by atoms with van der Waals surface area (Å²) in [5.41, 5.74) is 0.306. The monoisotopic (exact) mass is 453 g/mol. The minimum absolute atomic E-state index is 0.245. The first-order chi connectivity index (χ1) is 15.8. The molecular formula is C21H27N9O3. The van der Waals surface area contributed by atoms with Crippen molar-refractivity contribution in [1.82, 2.24) is 39.8 Å². The van der Waals surface area contributed by atoms with Crippen LogP contribution in [0, 0.1) is 11.3 Å². The Balaban J connectivity index is 1.84. The molecule has 0 aliphatic heterocycles. The third kappa shape index (κ3) is 3.38. The number of allylic oxidation sites excluding steroid dienone is 2. The van der Waals surface area contributed by atoms with Crippen LogP contribution < -0.4 is 10.6 Å². The molecule has 5 atom stereocenters. The Labute approximate surface area is 190 Å². The molecule has 33 heavy (non-hydrogen) atoms. The molecule has 1 fully saturated rings. The zero-order valence-electron chi connectivity index (χ0n) is 18.8. The number of carbonyl (C=O) groups excluding carboxylic acids is 1. The number of rotatable bonds is 6. The summed E-state index contributed by atoms with van der Waals surface area (Å²) in [6, 6.07) is -0.651. The number of carbonyl (C=O) groups is 1. The van der Waals surface area contributed by atoms with Crippen molar-refractivity contribution in [3.8, 4) is 5.95 Å². The molecule has 12 nitrogen and oxygen atoms in total. The highest BCUT2D eigenvalue weighted by Gasteiger charge is 2.60. The first-order valence-corrected chi connectivity index (χ1v) is 10.5. The lowest BCUT2D eigenvalue weighted by atomic mass is 9.77. The van der Waals surface area contributed by atoms with Crippen molar-refractivity contribution < 1.29 is 15.0 Å². The zero-order chi connectivity index (χ0) is 23.9. The number of nitrogens with one attached hydrogen (secondary N) is 2. The number of anilines is 1. The molecular weight excluding hydrogens is 426 g/mol. The number of fused-ring (bicyclic) bond motifs is 1. The van der Waals surface area contributed by atoms with Gasteiger partial charge in [-0.25, -0.2) is 4.98 Å². The Morgan fingerprint density at radius 1 is 1.30 bits per heavy atom. The second-order valence-electron chi connectivity index (χ2n) is 8.21. The summed E-state index contributed by atoms with van der Waals surface area (Å²) < 4.78 is 3.11. The van der Waals surface area contributed by atoms with E-state index in [0.29, 0.717) is 22.7 Å². The maximum Gasteiger partial charge on any atom is 0.256 e. The average molecular weight is 454 g/mol. The summed E-state index contributed by atoms with van der Waals surface area (Å²) in [4.78, 5) is 26.2. The van der Waals surface area contributed by atoms with Gasteiger partial charge in [0.2, 0.25) is 5.91 Å². The fraction of sp³-hybridized carbons (Fsp3) is 0.429. The number of imidazole rings is 1. The Kier molecular flexibility index (Phi) is 5.72. The topological polar surface area (TPSA) is 156 Å². The smallest absolute Gasteiger partial charge is 0.256 e. The van der Waals surface area contributed by atoms with Gasteiger partial charge in [-0.3, -0.25) is 4.79 Å². The Morgan fingerprint density at radius 2 is 2.06 bits per heavy atom. The van der Waals surface area contributed by atoms with Gasteiger partial charge in [-0.1, -0.05) is 30.9 Å². The van der Waals surface area contributed by atoms with Gasteiger partial charge in [0.05, 0.1) is 30.1 Å². The van der Waals surface area contributed by atoms with E-state index < -0.39 is 29.6 Å². The van der Waals surface area contributed by atoms with E-state index in [9.17, 15) is 15.0 Å². The van der Waals surface area contributed by atoms with Crippen molar-refractivity contribution in [3.05, 3.63) is 36.9 Å². The van der Waals surface area contributed by atoms with Crippen LogP contribution in [0.25, 0.3) is 23.2 Å². The van der Waals surface area contributed by atoms with Crippen molar-refractivity contribution in [2.75, 3.05) is 19.4 Å². The van der Waals surface area contributed by atoms with Gasteiger partial charge >= 0.3 is 0 Å². The predicted octanol–water partition coefficient (Wildman–Crippen LogP) is 0.313. The lowest BCUT2D eigenvalue weighted by Gasteiger charge is -2.31. The minimum atomic E-state index is -1.27. The molecule has 0 aromatic carbocycles. The molecule has 4 N–H and O–H groups in total. The maximum absolute atomic E-state index is 12.6. The van der Waals surface area contributed by atoms with Gasteiger partial charge in [0.25, 0.3) is 5.95 Å². The molecule has 0 radical (unpaired) electrons. The molecule has 2 unspecified atom stereocenters. The Bertz CT molecular complexity index is 1230. The van der Waals surface area contributed by atoms with Crippen LogP contribution in [0.2, 0.25) is 0 Å². The standard InChI is InChI=1S/C21H27N9O3/c1-6-7-8-12-9-30(28-27-12)20-25-17(22-4)13-18(26-20)29(10-24-13)14-11(2)21(3,19(33)23-5)16(32)15(14)31/h6-11,14-16,31-32H,1H2,2-5H3,(H,23,33)(H,22,25,26)/b8-7+/t11-,14-,15+,16?,21?/m1/s1. The zero-order valence-corrected chi connectivity index (χ0v) is 18.8. The van der Waals surface area contributed by atoms with Crippen LogP contribution in [0.1, 0.15) is 25.6 Å². The van der Waals surface area contributed by atoms with E-state index in [1.165, 1.54) is 18.1 Å². The lowest BCUT2D eigenvalue weighted by Crippen LogP contribution is -2.47. The SMILES string of the molecule is C=C/C=C/c1cn(-c2nc(NC)c3ncn([C@H]4[C@H](O)C(O)C(C)(C(=O)NC)[C@@H]4C)c3n2)nn1. The fourth-order valence-corrected chi connectivity index (χ4v) is 4.49. The molecule has 1 aliphatic carbocycles. The number of amides is 1. The lowest BCUT2D eigenvalue weighted by molar-refractivity contribution is -0.139. The molecule has 3 aromatic heterocycles. The second-order valence-corrected chi connectivity index (χ2v) is 8.21. The summed E-state index contributed by atoms with van der Waals surface area (Å²) in [6.45, 7) is 7.11. The van der Waals surface area contributed by atoms with Crippen molar-refractivity contribution in [3.63, 3.8) is 0 Å². The van der Waals surface area contributed by atoms with Crippen LogP contribution in [0.3, 0.4) is 0 Å². The first kappa shape index (κ1) is 22.6. The summed E-state index contributed by atoms with van der Waals surface area (Å²) in [5.74, 6) is -0.0722. The number of hydrogen-bond acceptors (Lipinski definition) is 9. The van der Waals surface area contributed by atoms with Crippen molar-refractivity contribution in [1.29, 1.82) is 0 Å². The van der Waals surface area contributed by atoms with E-state index in [-0.39, 0.29) is 11.9 Å². The molecule has 1 amide bonds. The van der Waals surface area contributed by atoms with Gasteiger partial charge < -0.3 is 25.4 Å². The molecule has 3 aromatic rings. The summed E-state index contributed by atoms with van der Waals surface area (Å²) in [5, 5.41) is 35.5. The summed E-state index contributed by atoms with van der Waals surface area (Å²) in [7, 11) is 3.22.